The molecule has 0 saturated carbocycles. The van der Waals surface area contributed by atoms with Gasteiger partial charge in [-0.3, -0.25) is 9.59 Å². The van der Waals surface area contributed by atoms with Crippen LogP contribution in [0.15, 0.2) is 78.9 Å². The highest BCUT2D eigenvalue weighted by Crippen LogP contribution is 2.18. The van der Waals surface area contributed by atoms with Crippen molar-refractivity contribution < 1.29 is 18.7 Å². The summed E-state index contributed by atoms with van der Waals surface area (Å²) in [7, 11) is 0. The van der Waals surface area contributed by atoms with E-state index in [1.807, 2.05) is 44.2 Å². The molecule has 3 rings (SSSR count). The van der Waals surface area contributed by atoms with E-state index in [1.165, 1.54) is 12.1 Å². The normalized spacial score (nSPS) is 11.7. The first kappa shape index (κ1) is 28.2. The maximum atomic E-state index is 13.5. The molecule has 0 aliphatic rings. The van der Waals surface area contributed by atoms with Crippen LogP contribution in [-0.4, -0.2) is 35.9 Å². The molecular weight excluding hydrogens is 491 g/mol. The smallest absolute Gasteiger partial charge is 0.243 e. The third kappa shape index (κ3) is 9.54. The third-order valence-electron chi connectivity index (χ3n) is 5.84. The first-order valence-corrected chi connectivity index (χ1v) is 12.9. The van der Waals surface area contributed by atoms with Gasteiger partial charge >= 0.3 is 0 Å². The van der Waals surface area contributed by atoms with Crippen LogP contribution >= 0.6 is 11.6 Å². The van der Waals surface area contributed by atoms with Gasteiger partial charge in [-0.15, -0.1) is 0 Å². The zero-order chi connectivity index (χ0) is 26.6. The highest BCUT2D eigenvalue weighted by Gasteiger charge is 2.30. The number of ether oxygens (including phenoxy) is 1. The van der Waals surface area contributed by atoms with Crippen LogP contribution in [0.4, 0.5) is 4.39 Å². The van der Waals surface area contributed by atoms with Crippen molar-refractivity contribution in [1.29, 1.82) is 0 Å². The van der Waals surface area contributed by atoms with Crippen molar-refractivity contribution >= 4 is 23.4 Å². The Morgan fingerprint density at radius 2 is 1.62 bits per heavy atom. The summed E-state index contributed by atoms with van der Waals surface area (Å²) in [4.78, 5) is 28.5. The van der Waals surface area contributed by atoms with E-state index in [1.54, 1.807) is 41.3 Å². The predicted octanol–water partition coefficient (Wildman–Crippen LogP) is 6.05. The number of nitrogens with zero attached hydrogens (tertiary/aromatic N) is 1. The lowest BCUT2D eigenvalue weighted by molar-refractivity contribution is -0.141. The molecule has 0 heterocycles. The Morgan fingerprint density at radius 1 is 0.946 bits per heavy atom. The first-order chi connectivity index (χ1) is 17.8. The van der Waals surface area contributed by atoms with Gasteiger partial charge in [-0.25, -0.2) is 4.39 Å². The van der Waals surface area contributed by atoms with E-state index in [0.29, 0.717) is 36.8 Å². The van der Waals surface area contributed by atoms with Gasteiger partial charge < -0.3 is 15.0 Å². The van der Waals surface area contributed by atoms with Crippen LogP contribution in [-0.2, 0) is 22.6 Å². The van der Waals surface area contributed by atoms with Gasteiger partial charge in [0.15, 0.2) is 0 Å². The monoisotopic (exact) mass is 524 g/mol. The Labute approximate surface area is 223 Å². The minimum atomic E-state index is -0.712. The van der Waals surface area contributed by atoms with Crippen molar-refractivity contribution in [3.8, 4) is 5.75 Å². The molecule has 2 amide bonds. The first-order valence-electron chi connectivity index (χ1n) is 12.6. The third-order valence-corrected chi connectivity index (χ3v) is 6.09. The van der Waals surface area contributed by atoms with Crippen molar-refractivity contribution in [3.05, 3.63) is 101 Å². The second-order valence-electron chi connectivity index (χ2n) is 9.40. The van der Waals surface area contributed by atoms with Gasteiger partial charge in [-0.05, 0) is 59.9 Å². The fourth-order valence-corrected chi connectivity index (χ4v) is 3.98. The second kappa shape index (κ2) is 14.4. The molecule has 0 aliphatic carbocycles. The molecule has 0 fully saturated rings. The maximum Gasteiger partial charge on any atom is 0.243 e. The lowest BCUT2D eigenvalue weighted by Crippen LogP contribution is -2.51. The quantitative estimate of drug-likeness (QED) is 0.277. The number of carbonyl (C=O) groups is 2. The van der Waals surface area contributed by atoms with E-state index in [-0.39, 0.29) is 36.5 Å². The second-order valence-corrected chi connectivity index (χ2v) is 9.83. The Morgan fingerprint density at radius 3 is 2.27 bits per heavy atom. The average molecular weight is 525 g/mol. The SMILES string of the molecule is CC(C)CNC(=O)C(Cc1ccccc1)N(Cc1ccc(F)cc1)C(=O)CCCOc1ccc(Cl)cc1. The summed E-state index contributed by atoms with van der Waals surface area (Å²) in [5, 5.41) is 3.62. The Kier molecular flexibility index (Phi) is 11.0. The molecule has 5 nitrogen and oxygen atoms in total. The molecule has 0 aromatic heterocycles. The summed E-state index contributed by atoms with van der Waals surface area (Å²) >= 11 is 5.92. The Bertz CT molecular complexity index is 1120. The number of nitrogens with one attached hydrogen (secondary N) is 1. The number of amides is 2. The number of halogens is 2. The van der Waals surface area contributed by atoms with E-state index in [9.17, 15) is 14.0 Å². The number of benzene rings is 3. The average Bonchev–Trinajstić information content (AvgIpc) is 2.89. The fraction of sp³-hybridized carbons (Fsp3) is 0.333. The van der Waals surface area contributed by atoms with Crippen LogP contribution in [0.25, 0.3) is 0 Å². The van der Waals surface area contributed by atoms with Gasteiger partial charge in [0.1, 0.15) is 17.6 Å². The number of hydrogen-bond acceptors (Lipinski definition) is 3. The molecule has 7 heteroatoms. The van der Waals surface area contributed by atoms with E-state index in [0.717, 1.165) is 11.1 Å². The van der Waals surface area contributed by atoms with Crippen LogP contribution in [0.1, 0.15) is 37.8 Å². The minimum Gasteiger partial charge on any atom is -0.494 e. The van der Waals surface area contributed by atoms with E-state index in [4.69, 9.17) is 16.3 Å². The molecular formula is C30H34ClFN2O3. The topological polar surface area (TPSA) is 58.6 Å². The van der Waals surface area contributed by atoms with Crippen LogP contribution in [0.5, 0.6) is 5.75 Å². The highest BCUT2D eigenvalue weighted by atomic mass is 35.5. The molecule has 1 atom stereocenters. The summed E-state index contributed by atoms with van der Waals surface area (Å²) in [5.41, 5.74) is 1.71. The van der Waals surface area contributed by atoms with Gasteiger partial charge in [0, 0.05) is 31.0 Å². The number of carbonyl (C=O) groups excluding carboxylic acids is 2. The molecule has 1 N–H and O–H groups in total. The van der Waals surface area contributed by atoms with Gasteiger partial charge in [0.05, 0.1) is 6.61 Å². The van der Waals surface area contributed by atoms with Crippen LogP contribution in [0.3, 0.4) is 0 Å². The molecule has 0 spiro atoms. The molecule has 0 aliphatic heterocycles. The van der Waals surface area contributed by atoms with Crippen molar-refractivity contribution in [1.82, 2.24) is 10.2 Å². The van der Waals surface area contributed by atoms with Crippen LogP contribution in [0, 0.1) is 11.7 Å². The van der Waals surface area contributed by atoms with Crippen molar-refractivity contribution in [2.45, 2.75) is 45.7 Å². The molecule has 1 unspecified atom stereocenters. The molecule has 3 aromatic carbocycles. The van der Waals surface area contributed by atoms with E-state index < -0.39 is 6.04 Å². The lowest BCUT2D eigenvalue weighted by Gasteiger charge is -2.32. The summed E-state index contributed by atoms with van der Waals surface area (Å²) in [6.45, 7) is 5.10. The molecule has 37 heavy (non-hydrogen) atoms. The Balaban J connectivity index is 1.77. The summed E-state index contributed by atoms with van der Waals surface area (Å²) in [6.07, 6.45) is 1.06. The molecule has 196 valence electrons. The number of hydrogen-bond donors (Lipinski definition) is 1. The Hall–Kier alpha value is -3.38. The van der Waals surface area contributed by atoms with Crippen LogP contribution < -0.4 is 10.1 Å². The summed E-state index contributed by atoms with van der Waals surface area (Å²) < 4.78 is 19.3. The maximum absolute atomic E-state index is 13.5. The van der Waals surface area contributed by atoms with Gasteiger partial charge in [0.2, 0.25) is 11.8 Å². The summed E-state index contributed by atoms with van der Waals surface area (Å²) in [6, 6.07) is 22.0. The van der Waals surface area contributed by atoms with Gasteiger partial charge in [0.25, 0.3) is 0 Å². The van der Waals surface area contributed by atoms with Crippen molar-refractivity contribution in [3.63, 3.8) is 0 Å². The minimum absolute atomic E-state index is 0.162. The number of rotatable bonds is 13. The summed E-state index contributed by atoms with van der Waals surface area (Å²) in [5.74, 6) is 0.231. The lowest BCUT2D eigenvalue weighted by atomic mass is 10.0. The molecule has 0 radical (unpaired) electrons. The molecule has 0 bridgehead atoms. The molecule has 3 aromatic rings. The standard InChI is InChI=1S/C30H34ClFN2O3/c1-22(2)20-33-30(36)28(19-23-7-4-3-5-8-23)34(21-24-10-14-26(32)15-11-24)29(35)9-6-18-37-27-16-12-25(31)13-17-27/h3-5,7-8,10-17,22,28H,6,9,18-21H2,1-2H3,(H,33,36). The zero-order valence-electron chi connectivity index (χ0n) is 21.3. The van der Waals surface area contributed by atoms with Crippen molar-refractivity contribution in [2.24, 2.45) is 5.92 Å². The highest BCUT2D eigenvalue weighted by molar-refractivity contribution is 6.30. The zero-order valence-corrected chi connectivity index (χ0v) is 22.1. The molecule has 0 saturated heterocycles. The van der Waals surface area contributed by atoms with Crippen molar-refractivity contribution in [2.75, 3.05) is 13.2 Å². The van der Waals surface area contributed by atoms with Crippen LogP contribution in [0.2, 0.25) is 5.02 Å². The predicted molar refractivity (Wildman–Crippen MR) is 145 cm³/mol. The fourth-order valence-electron chi connectivity index (χ4n) is 3.85. The van der Waals surface area contributed by atoms with Gasteiger partial charge in [-0.1, -0.05) is 67.9 Å². The largest absolute Gasteiger partial charge is 0.494 e. The van der Waals surface area contributed by atoms with E-state index >= 15 is 0 Å². The van der Waals surface area contributed by atoms with E-state index in [2.05, 4.69) is 5.32 Å². The van der Waals surface area contributed by atoms with Gasteiger partial charge in [-0.2, -0.15) is 0 Å².